The average molecular weight is 117 g/mol. The van der Waals surface area contributed by atoms with Gasteiger partial charge in [0.05, 0.1) is 5.37 Å². The van der Waals surface area contributed by atoms with Crippen LogP contribution in [0.2, 0.25) is 0 Å². The van der Waals surface area contributed by atoms with Crippen molar-refractivity contribution in [2.45, 2.75) is 25.3 Å². The Hall–Kier alpha value is 0.310. The van der Waals surface area contributed by atoms with Gasteiger partial charge in [-0.05, 0) is 5.92 Å². The van der Waals surface area contributed by atoms with Crippen molar-refractivity contribution in [2.75, 3.05) is 0 Å². The quantitative estimate of drug-likeness (QED) is 0.386. The first kappa shape index (κ1) is 5.45. The molecule has 1 aliphatic heterocycles. The molecule has 0 aromatic rings. The van der Waals surface area contributed by atoms with Gasteiger partial charge in [0.15, 0.2) is 0 Å². The molecule has 2 atom stereocenters. The molecule has 0 aromatic carbocycles. The average Bonchev–Trinajstić information content (AvgIpc) is 2.17. The second-order valence-electron chi connectivity index (χ2n) is 2.38. The van der Waals surface area contributed by atoms with Crippen LogP contribution in [0.5, 0.6) is 0 Å². The zero-order valence-electron chi connectivity index (χ0n) is 4.68. The number of rotatable bonds is 1. The Bertz CT molecular complexity index is 72.5. The van der Waals surface area contributed by atoms with Gasteiger partial charge in [0, 0.05) is 6.04 Å². The molecule has 1 rings (SSSR count). The Balaban J connectivity index is 2.20. The van der Waals surface area contributed by atoms with Gasteiger partial charge in [-0.1, -0.05) is 13.8 Å². The third-order valence-electron chi connectivity index (χ3n) is 1.31. The maximum Gasteiger partial charge on any atom is 0.0663 e. The maximum atomic E-state index is 4.20. The van der Waals surface area contributed by atoms with E-state index >= 15 is 0 Å². The Morgan fingerprint density at radius 2 is 2.00 bits per heavy atom. The highest BCUT2D eigenvalue weighted by Crippen LogP contribution is 2.21. The number of hydrogen-bond acceptors (Lipinski definition) is 2. The van der Waals surface area contributed by atoms with Crippen LogP contribution in [0.15, 0.2) is 0 Å². The largest absolute Gasteiger partial charge is 0.299 e. The maximum absolute atomic E-state index is 4.20. The predicted molar refractivity (Wildman–Crippen MR) is 34.5 cm³/mol. The van der Waals surface area contributed by atoms with Crippen LogP contribution in [-0.4, -0.2) is 11.4 Å². The second kappa shape index (κ2) is 1.67. The second-order valence-corrected chi connectivity index (χ2v) is 2.94. The summed E-state index contributed by atoms with van der Waals surface area (Å²) < 4.78 is 0. The molecule has 1 N–H and O–H groups in total. The van der Waals surface area contributed by atoms with Gasteiger partial charge in [-0.2, -0.15) is 12.6 Å². The molecule has 1 saturated heterocycles. The third-order valence-corrected chi connectivity index (χ3v) is 1.78. The minimum absolute atomic E-state index is 0.486. The van der Waals surface area contributed by atoms with Crippen LogP contribution in [0.1, 0.15) is 13.8 Å². The number of hydrogen-bond donors (Lipinski definition) is 2. The first-order valence-corrected chi connectivity index (χ1v) is 3.17. The van der Waals surface area contributed by atoms with Crippen molar-refractivity contribution in [3.8, 4) is 0 Å². The van der Waals surface area contributed by atoms with Gasteiger partial charge in [-0.15, -0.1) is 0 Å². The molecule has 1 heterocycles. The molecule has 0 aromatic heterocycles. The van der Waals surface area contributed by atoms with Crippen molar-refractivity contribution < 1.29 is 0 Å². The van der Waals surface area contributed by atoms with Gasteiger partial charge in [-0.3, -0.25) is 5.32 Å². The van der Waals surface area contributed by atoms with Gasteiger partial charge < -0.3 is 0 Å². The summed E-state index contributed by atoms with van der Waals surface area (Å²) in [5.74, 6) is 0.752. The fourth-order valence-corrected chi connectivity index (χ4v) is 1.22. The molecule has 0 aliphatic carbocycles. The highest BCUT2D eigenvalue weighted by Gasteiger charge is 2.34. The number of thiol groups is 1. The summed E-state index contributed by atoms with van der Waals surface area (Å²) in [4.78, 5) is 0. The van der Waals surface area contributed by atoms with Crippen molar-refractivity contribution in [3.63, 3.8) is 0 Å². The van der Waals surface area contributed by atoms with E-state index in [9.17, 15) is 0 Å². The highest BCUT2D eigenvalue weighted by atomic mass is 32.1. The highest BCUT2D eigenvalue weighted by molar-refractivity contribution is 7.81. The lowest BCUT2D eigenvalue weighted by molar-refractivity contribution is 0.630. The zero-order valence-corrected chi connectivity index (χ0v) is 5.57. The molecule has 1 fully saturated rings. The zero-order chi connectivity index (χ0) is 5.44. The van der Waals surface area contributed by atoms with E-state index in [4.69, 9.17) is 0 Å². The van der Waals surface area contributed by atoms with Crippen molar-refractivity contribution in [2.24, 2.45) is 5.92 Å². The Morgan fingerprint density at radius 3 is 2.00 bits per heavy atom. The van der Waals surface area contributed by atoms with Crippen LogP contribution in [0.25, 0.3) is 0 Å². The fraction of sp³-hybridized carbons (Fsp3) is 1.00. The summed E-state index contributed by atoms with van der Waals surface area (Å²) in [6.07, 6.45) is 0. The predicted octanol–water partition coefficient (Wildman–Crippen LogP) is 0.870. The van der Waals surface area contributed by atoms with Crippen molar-refractivity contribution in [3.05, 3.63) is 0 Å². The molecule has 0 radical (unpaired) electrons. The summed E-state index contributed by atoms with van der Waals surface area (Å²) in [5, 5.41) is 3.68. The summed E-state index contributed by atoms with van der Waals surface area (Å²) >= 11 is 4.20. The van der Waals surface area contributed by atoms with Crippen molar-refractivity contribution >= 4 is 12.6 Å². The Morgan fingerprint density at radius 1 is 1.57 bits per heavy atom. The summed E-state index contributed by atoms with van der Waals surface area (Å²) in [6.45, 7) is 4.40. The van der Waals surface area contributed by atoms with Crippen LogP contribution >= 0.6 is 12.6 Å². The van der Waals surface area contributed by atoms with E-state index in [1.54, 1.807) is 0 Å². The van der Waals surface area contributed by atoms with Gasteiger partial charge in [0.2, 0.25) is 0 Å². The normalized spacial score (nSPS) is 39.4. The van der Waals surface area contributed by atoms with Gasteiger partial charge in [0.25, 0.3) is 0 Å². The van der Waals surface area contributed by atoms with E-state index < -0.39 is 0 Å². The van der Waals surface area contributed by atoms with Gasteiger partial charge in [0.1, 0.15) is 0 Å². The topological polar surface area (TPSA) is 21.9 Å². The lowest BCUT2D eigenvalue weighted by Gasteiger charge is -1.94. The molecule has 0 bridgehead atoms. The molecule has 42 valence electrons. The summed E-state index contributed by atoms with van der Waals surface area (Å²) in [6, 6.07) is 0.684. The summed E-state index contributed by atoms with van der Waals surface area (Å²) in [5.41, 5.74) is 0. The fourth-order valence-electron chi connectivity index (χ4n) is 0.699. The van der Waals surface area contributed by atoms with E-state index in [2.05, 4.69) is 31.8 Å². The molecule has 0 spiro atoms. The SMILES string of the molecule is CC(C)[C@@H]1N[C@H]1S. The van der Waals surface area contributed by atoms with Crippen LogP contribution in [-0.2, 0) is 0 Å². The van der Waals surface area contributed by atoms with Gasteiger partial charge >= 0.3 is 0 Å². The molecule has 0 unspecified atom stereocenters. The van der Waals surface area contributed by atoms with E-state index in [0.717, 1.165) is 5.92 Å². The van der Waals surface area contributed by atoms with Crippen LogP contribution < -0.4 is 5.32 Å². The van der Waals surface area contributed by atoms with Gasteiger partial charge in [-0.25, -0.2) is 0 Å². The third kappa shape index (κ3) is 1.10. The van der Waals surface area contributed by atoms with E-state index in [-0.39, 0.29) is 0 Å². The van der Waals surface area contributed by atoms with Crippen LogP contribution in [0, 0.1) is 5.92 Å². The van der Waals surface area contributed by atoms with Crippen LogP contribution in [0.4, 0.5) is 0 Å². The molecule has 0 saturated carbocycles. The minimum Gasteiger partial charge on any atom is -0.299 e. The molecular weight excluding hydrogens is 106 g/mol. The molecular formula is C5H11NS. The molecule has 1 aliphatic rings. The molecule has 1 nitrogen and oxygen atoms in total. The van der Waals surface area contributed by atoms with E-state index in [0.29, 0.717) is 11.4 Å². The monoisotopic (exact) mass is 117 g/mol. The minimum atomic E-state index is 0.486. The Labute approximate surface area is 49.9 Å². The first-order chi connectivity index (χ1) is 3.22. The standard InChI is InChI=1S/C5H11NS/c1-3(2)4-5(7)6-4/h3-7H,1-2H3/t4-,5-/m0/s1. The molecule has 0 amide bonds. The molecule has 2 heteroatoms. The smallest absolute Gasteiger partial charge is 0.0663 e. The van der Waals surface area contributed by atoms with E-state index in [1.165, 1.54) is 0 Å². The summed E-state index contributed by atoms with van der Waals surface area (Å²) in [7, 11) is 0. The van der Waals surface area contributed by atoms with Crippen molar-refractivity contribution in [1.82, 2.24) is 5.32 Å². The molecule has 7 heavy (non-hydrogen) atoms. The van der Waals surface area contributed by atoms with Crippen molar-refractivity contribution in [1.29, 1.82) is 0 Å². The number of nitrogens with one attached hydrogen (secondary N) is 1. The van der Waals surface area contributed by atoms with Crippen LogP contribution in [0.3, 0.4) is 0 Å². The Kier molecular flexibility index (Phi) is 1.30. The first-order valence-electron chi connectivity index (χ1n) is 2.66. The lowest BCUT2D eigenvalue weighted by atomic mass is 10.1. The van der Waals surface area contributed by atoms with E-state index in [1.807, 2.05) is 0 Å². The lowest BCUT2D eigenvalue weighted by Crippen LogP contribution is -2.00.